The van der Waals surface area contributed by atoms with Gasteiger partial charge in [-0.05, 0) is 12.3 Å². The molecule has 2 aromatic heterocycles. The number of hydrogen-bond donors (Lipinski definition) is 3. The molecule has 2 heterocycles. The van der Waals surface area contributed by atoms with E-state index in [9.17, 15) is 5.11 Å². The first kappa shape index (κ1) is 15.2. The molecule has 0 aromatic carbocycles. The summed E-state index contributed by atoms with van der Waals surface area (Å²) in [5, 5.41) is 15.8. The van der Waals surface area contributed by atoms with Crippen LogP contribution in [-0.4, -0.2) is 49.3 Å². The van der Waals surface area contributed by atoms with Crippen LogP contribution in [0.5, 0.6) is 0 Å². The van der Waals surface area contributed by atoms with E-state index >= 15 is 0 Å². The Bertz CT molecular complexity index is 556. The number of anilines is 2. The maximum absolute atomic E-state index is 9.90. The minimum atomic E-state index is -0.434. The van der Waals surface area contributed by atoms with Crippen molar-refractivity contribution in [2.75, 3.05) is 24.2 Å². The van der Waals surface area contributed by atoms with Crippen LogP contribution in [0, 0.1) is 5.92 Å². The molecular weight excluding hydrogens is 270 g/mol. The lowest BCUT2D eigenvalue weighted by molar-refractivity contribution is 0.161. The molecule has 21 heavy (non-hydrogen) atoms. The van der Waals surface area contributed by atoms with Gasteiger partial charge in [0.1, 0.15) is 6.33 Å². The quantitative estimate of drug-likeness (QED) is 0.697. The van der Waals surface area contributed by atoms with Gasteiger partial charge in [-0.3, -0.25) is 4.57 Å². The minimum absolute atomic E-state index is 0.398. The van der Waals surface area contributed by atoms with Gasteiger partial charge in [0.15, 0.2) is 0 Å². The summed E-state index contributed by atoms with van der Waals surface area (Å²) in [6.07, 6.45) is 5.32. The molecular formula is C13H21N7O. The van der Waals surface area contributed by atoms with E-state index in [4.69, 9.17) is 0 Å². The largest absolute Gasteiger partial charge is 0.391 e. The smallest absolute Gasteiger partial charge is 0.241 e. The number of hydrogen-bond acceptors (Lipinski definition) is 7. The summed E-state index contributed by atoms with van der Waals surface area (Å²) < 4.78 is 1.69. The standard InChI is InChI=1S/C13H21N7O/c1-9(2)6-10(21)7-16-12-17-11(14-3)18-13(19-12)20-5-4-15-8-20/h4-5,8-10,21H,6-7H2,1-3H3,(H2,14,16,17,18,19). The first-order chi connectivity index (χ1) is 10.1. The Morgan fingerprint density at radius 3 is 2.62 bits per heavy atom. The topological polar surface area (TPSA) is 101 Å². The van der Waals surface area contributed by atoms with Crippen LogP contribution in [0.4, 0.5) is 11.9 Å². The summed E-state index contributed by atoms with van der Waals surface area (Å²) in [4.78, 5) is 16.8. The van der Waals surface area contributed by atoms with Crippen LogP contribution >= 0.6 is 0 Å². The number of aliphatic hydroxyl groups is 1. The van der Waals surface area contributed by atoms with Gasteiger partial charge >= 0.3 is 0 Å². The molecule has 3 N–H and O–H groups in total. The molecule has 0 amide bonds. The fourth-order valence-corrected chi connectivity index (χ4v) is 1.89. The van der Waals surface area contributed by atoms with Gasteiger partial charge in [-0.2, -0.15) is 15.0 Å². The molecule has 0 spiro atoms. The summed E-state index contributed by atoms with van der Waals surface area (Å²) in [6.45, 7) is 4.54. The Kier molecular flexibility index (Phi) is 5.04. The number of nitrogens with one attached hydrogen (secondary N) is 2. The molecule has 0 saturated heterocycles. The highest BCUT2D eigenvalue weighted by Crippen LogP contribution is 2.10. The van der Waals surface area contributed by atoms with Crippen LogP contribution in [0.3, 0.4) is 0 Å². The number of nitrogens with zero attached hydrogens (tertiary/aromatic N) is 5. The number of aliphatic hydroxyl groups excluding tert-OH is 1. The van der Waals surface area contributed by atoms with Gasteiger partial charge in [0.05, 0.1) is 6.10 Å². The highest BCUT2D eigenvalue weighted by Gasteiger charge is 2.10. The van der Waals surface area contributed by atoms with Crippen molar-refractivity contribution in [3.05, 3.63) is 18.7 Å². The molecule has 0 aliphatic carbocycles. The fraction of sp³-hybridized carbons (Fsp3) is 0.538. The van der Waals surface area contributed by atoms with E-state index in [-0.39, 0.29) is 0 Å². The van der Waals surface area contributed by atoms with Crippen LogP contribution < -0.4 is 10.6 Å². The van der Waals surface area contributed by atoms with E-state index in [0.717, 1.165) is 6.42 Å². The summed E-state index contributed by atoms with van der Waals surface area (Å²) >= 11 is 0. The van der Waals surface area contributed by atoms with E-state index in [2.05, 4.69) is 44.4 Å². The second-order valence-corrected chi connectivity index (χ2v) is 5.17. The highest BCUT2D eigenvalue weighted by molar-refractivity contribution is 5.37. The zero-order chi connectivity index (χ0) is 15.2. The van der Waals surface area contributed by atoms with Gasteiger partial charge in [0.25, 0.3) is 0 Å². The van der Waals surface area contributed by atoms with E-state index in [1.165, 1.54) is 0 Å². The van der Waals surface area contributed by atoms with Crippen LogP contribution in [0.25, 0.3) is 5.95 Å². The fourth-order valence-electron chi connectivity index (χ4n) is 1.89. The number of rotatable bonds is 7. The van der Waals surface area contributed by atoms with Gasteiger partial charge in [-0.1, -0.05) is 13.8 Å². The number of aromatic nitrogens is 5. The second-order valence-electron chi connectivity index (χ2n) is 5.17. The van der Waals surface area contributed by atoms with Crippen LogP contribution in [0.1, 0.15) is 20.3 Å². The zero-order valence-electron chi connectivity index (χ0n) is 12.5. The maximum atomic E-state index is 9.90. The van der Waals surface area contributed by atoms with Crippen LogP contribution in [0.2, 0.25) is 0 Å². The molecule has 0 aliphatic rings. The molecule has 0 radical (unpaired) electrons. The Labute approximate surface area is 123 Å². The van der Waals surface area contributed by atoms with Crippen LogP contribution in [-0.2, 0) is 0 Å². The summed E-state index contributed by atoms with van der Waals surface area (Å²) in [5.41, 5.74) is 0. The molecule has 114 valence electrons. The SMILES string of the molecule is CNc1nc(NCC(O)CC(C)C)nc(-n2ccnc2)n1. The minimum Gasteiger partial charge on any atom is -0.391 e. The molecule has 0 aliphatic heterocycles. The Hall–Kier alpha value is -2.22. The third-order valence-corrected chi connectivity index (χ3v) is 2.82. The monoisotopic (exact) mass is 291 g/mol. The van der Waals surface area contributed by atoms with Gasteiger partial charge in [0.2, 0.25) is 17.8 Å². The summed E-state index contributed by atoms with van der Waals surface area (Å²) in [6, 6.07) is 0. The van der Waals surface area contributed by atoms with Gasteiger partial charge in [-0.25, -0.2) is 4.98 Å². The van der Waals surface area contributed by atoms with Gasteiger partial charge in [0, 0.05) is 26.0 Å². The van der Waals surface area contributed by atoms with Gasteiger partial charge < -0.3 is 15.7 Å². The van der Waals surface area contributed by atoms with Crippen molar-refractivity contribution in [1.82, 2.24) is 24.5 Å². The normalized spacial score (nSPS) is 12.4. The van der Waals surface area contributed by atoms with Crippen LogP contribution in [0.15, 0.2) is 18.7 Å². The van der Waals surface area contributed by atoms with E-state index in [1.807, 2.05) is 0 Å². The lowest BCUT2D eigenvalue weighted by Crippen LogP contribution is -2.22. The lowest BCUT2D eigenvalue weighted by Gasteiger charge is -2.14. The highest BCUT2D eigenvalue weighted by atomic mass is 16.3. The van der Waals surface area contributed by atoms with E-state index < -0.39 is 6.10 Å². The van der Waals surface area contributed by atoms with Crippen molar-refractivity contribution in [2.24, 2.45) is 5.92 Å². The number of imidazole rings is 1. The molecule has 0 saturated carbocycles. The molecule has 2 aromatic rings. The zero-order valence-corrected chi connectivity index (χ0v) is 12.5. The van der Waals surface area contributed by atoms with Crippen molar-refractivity contribution in [3.8, 4) is 5.95 Å². The first-order valence-electron chi connectivity index (χ1n) is 6.92. The average molecular weight is 291 g/mol. The Balaban J connectivity index is 2.10. The molecule has 0 bridgehead atoms. The third kappa shape index (κ3) is 4.38. The van der Waals surface area contributed by atoms with Crippen molar-refractivity contribution < 1.29 is 5.11 Å². The van der Waals surface area contributed by atoms with E-state index in [0.29, 0.717) is 30.3 Å². The third-order valence-electron chi connectivity index (χ3n) is 2.82. The van der Waals surface area contributed by atoms with Crippen molar-refractivity contribution in [2.45, 2.75) is 26.4 Å². The molecule has 1 atom stereocenters. The molecule has 8 nitrogen and oxygen atoms in total. The van der Waals surface area contributed by atoms with E-state index in [1.54, 1.807) is 30.3 Å². The Morgan fingerprint density at radius 1 is 1.24 bits per heavy atom. The molecule has 0 fully saturated rings. The Morgan fingerprint density at radius 2 is 2.00 bits per heavy atom. The predicted molar refractivity (Wildman–Crippen MR) is 80.4 cm³/mol. The molecule has 8 heteroatoms. The molecule has 1 unspecified atom stereocenters. The summed E-state index contributed by atoms with van der Waals surface area (Å²) in [7, 11) is 1.74. The lowest BCUT2D eigenvalue weighted by atomic mass is 10.1. The van der Waals surface area contributed by atoms with Crippen molar-refractivity contribution >= 4 is 11.9 Å². The average Bonchev–Trinajstić information content (AvgIpc) is 2.98. The van der Waals surface area contributed by atoms with Crippen molar-refractivity contribution in [1.29, 1.82) is 0 Å². The second kappa shape index (κ2) is 6.98. The summed E-state index contributed by atoms with van der Waals surface area (Å²) in [5.74, 6) is 1.78. The molecule has 2 rings (SSSR count). The maximum Gasteiger partial charge on any atom is 0.241 e. The van der Waals surface area contributed by atoms with Crippen molar-refractivity contribution in [3.63, 3.8) is 0 Å². The van der Waals surface area contributed by atoms with Gasteiger partial charge in [-0.15, -0.1) is 0 Å². The first-order valence-corrected chi connectivity index (χ1v) is 6.92. The predicted octanol–water partition coefficient (Wildman–Crippen LogP) is 0.918.